The molecule has 0 bridgehead atoms. The lowest BCUT2D eigenvalue weighted by molar-refractivity contribution is -0.129. The monoisotopic (exact) mass is 348 g/mol. The highest BCUT2D eigenvalue weighted by Gasteiger charge is 2.19. The Morgan fingerprint density at radius 2 is 1.73 bits per heavy atom. The van der Waals surface area contributed by atoms with Gasteiger partial charge in [-0.3, -0.25) is 9.59 Å². The number of anilines is 2. The molecule has 132 valence electrons. The van der Waals surface area contributed by atoms with Gasteiger partial charge in [-0.15, -0.1) is 0 Å². The fourth-order valence-electron chi connectivity index (χ4n) is 2.96. The van der Waals surface area contributed by atoms with E-state index in [-0.39, 0.29) is 11.8 Å². The molecule has 0 radical (unpaired) electrons. The van der Waals surface area contributed by atoms with Crippen LogP contribution in [0.3, 0.4) is 0 Å². The zero-order valence-corrected chi connectivity index (χ0v) is 14.6. The number of carbonyl (C=O) groups is 2. The number of carbonyl (C=O) groups excluding carboxylic acids is 2. The molecule has 1 heterocycles. The smallest absolute Gasteiger partial charge is 0.255 e. The molecule has 1 N–H and O–H groups in total. The first-order chi connectivity index (χ1) is 12.6. The highest BCUT2D eigenvalue weighted by Crippen LogP contribution is 2.21. The van der Waals surface area contributed by atoms with Gasteiger partial charge in [-0.2, -0.15) is 5.26 Å². The SMILES string of the molecule is CC(=O)N1CCN(c2cccc(NC(=O)c3ccc(C#N)cc3)c2)CC1. The number of nitriles is 1. The Balaban J connectivity index is 1.66. The summed E-state index contributed by atoms with van der Waals surface area (Å²) in [6.45, 7) is 4.54. The first-order valence-electron chi connectivity index (χ1n) is 8.49. The maximum atomic E-state index is 12.4. The van der Waals surface area contributed by atoms with Crippen molar-refractivity contribution in [1.29, 1.82) is 5.26 Å². The Bertz CT molecular complexity index is 847. The lowest BCUT2D eigenvalue weighted by Crippen LogP contribution is -2.48. The van der Waals surface area contributed by atoms with E-state index >= 15 is 0 Å². The van der Waals surface area contributed by atoms with E-state index in [2.05, 4.69) is 10.2 Å². The highest BCUT2D eigenvalue weighted by atomic mass is 16.2. The second kappa shape index (κ2) is 7.70. The molecule has 1 saturated heterocycles. The number of piperazine rings is 1. The van der Waals surface area contributed by atoms with Crippen LogP contribution in [0.2, 0.25) is 0 Å². The third kappa shape index (κ3) is 4.01. The van der Waals surface area contributed by atoms with Crippen molar-refractivity contribution in [2.45, 2.75) is 6.92 Å². The molecule has 0 aromatic heterocycles. The number of nitrogens with zero attached hydrogens (tertiary/aromatic N) is 3. The second-order valence-corrected chi connectivity index (χ2v) is 6.19. The minimum Gasteiger partial charge on any atom is -0.368 e. The van der Waals surface area contributed by atoms with E-state index in [1.54, 1.807) is 31.2 Å². The third-order valence-corrected chi connectivity index (χ3v) is 4.47. The van der Waals surface area contributed by atoms with Crippen LogP contribution in [0.5, 0.6) is 0 Å². The number of hydrogen-bond donors (Lipinski definition) is 1. The predicted octanol–water partition coefficient (Wildman–Crippen LogP) is 2.48. The number of rotatable bonds is 3. The Morgan fingerprint density at radius 1 is 1.04 bits per heavy atom. The highest BCUT2D eigenvalue weighted by molar-refractivity contribution is 6.04. The van der Waals surface area contributed by atoms with Crippen LogP contribution in [0.1, 0.15) is 22.8 Å². The van der Waals surface area contributed by atoms with E-state index < -0.39 is 0 Å². The van der Waals surface area contributed by atoms with Gasteiger partial charge >= 0.3 is 0 Å². The summed E-state index contributed by atoms with van der Waals surface area (Å²) >= 11 is 0. The molecule has 1 aliphatic heterocycles. The zero-order valence-electron chi connectivity index (χ0n) is 14.6. The van der Waals surface area contributed by atoms with Crippen LogP contribution in [-0.4, -0.2) is 42.9 Å². The molecule has 0 aliphatic carbocycles. The van der Waals surface area contributed by atoms with E-state index in [4.69, 9.17) is 5.26 Å². The molecule has 2 amide bonds. The van der Waals surface area contributed by atoms with Gasteiger partial charge in [-0.05, 0) is 42.5 Å². The topological polar surface area (TPSA) is 76.4 Å². The Hall–Kier alpha value is -3.33. The lowest BCUT2D eigenvalue weighted by Gasteiger charge is -2.35. The molecule has 1 fully saturated rings. The second-order valence-electron chi connectivity index (χ2n) is 6.19. The molecule has 26 heavy (non-hydrogen) atoms. The van der Waals surface area contributed by atoms with Gasteiger partial charge in [0, 0.05) is 50.0 Å². The molecule has 2 aromatic rings. The van der Waals surface area contributed by atoms with Crippen LogP contribution >= 0.6 is 0 Å². The Kier molecular flexibility index (Phi) is 5.18. The zero-order chi connectivity index (χ0) is 18.5. The van der Waals surface area contributed by atoms with Crippen molar-refractivity contribution >= 4 is 23.2 Å². The van der Waals surface area contributed by atoms with Crippen LogP contribution in [0.4, 0.5) is 11.4 Å². The number of nitrogens with one attached hydrogen (secondary N) is 1. The molecule has 0 saturated carbocycles. The van der Waals surface area contributed by atoms with E-state index in [0.29, 0.717) is 29.9 Å². The first-order valence-corrected chi connectivity index (χ1v) is 8.49. The predicted molar refractivity (Wildman–Crippen MR) is 100 cm³/mol. The minimum atomic E-state index is -0.215. The molecule has 0 unspecified atom stereocenters. The van der Waals surface area contributed by atoms with E-state index in [9.17, 15) is 9.59 Å². The summed E-state index contributed by atoms with van der Waals surface area (Å²) < 4.78 is 0. The fraction of sp³-hybridized carbons (Fsp3) is 0.250. The van der Waals surface area contributed by atoms with Gasteiger partial charge in [-0.1, -0.05) is 6.07 Å². The van der Waals surface area contributed by atoms with Crippen LogP contribution < -0.4 is 10.2 Å². The molecular formula is C20H20N4O2. The van der Waals surface area contributed by atoms with Gasteiger partial charge < -0.3 is 15.1 Å². The van der Waals surface area contributed by atoms with Crippen LogP contribution in [0, 0.1) is 11.3 Å². The van der Waals surface area contributed by atoms with Crippen LogP contribution in [0.15, 0.2) is 48.5 Å². The van der Waals surface area contributed by atoms with Gasteiger partial charge in [0.15, 0.2) is 0 Å². The standard InChI is InChI=1S/C20H20N4O2/c1-15(25)23-9-11-24(12-10-23)19-4-2-3-18(13-19)22-20(26)17-7-5-16(14-21)6-8-17/h2-8,13H,9-12H2,1H3,(H,22,26). The van der Waals surface area contributed by atoms with Crippen molar-refractivity contribution in [2.75, 3.05) is 36.4 Å². The normalized spacial score (nSPS) is 13.8. The average molecular weight is 348 g/mol. The summed E-state index contributed by atoms with van der Waals surface area (Å²) in [5, 5.41) is 11.7. The summed E-state index contributed by atoms with van der Waals surface area (Å²) in [5.74, 6) is -0.110. The van der Waals surface area contributed by atoms with Crippen molar-refractivity contribution in [1.82, 2.24) is 4.90 Å². The van der Waals surface area contributed by atoms with Crippen molar-refractivity contribution in [3.63, 3.8) is 0 Å². The van der Waals surface area contributed by atoms with Crippen molar-refractivity contribution in [3.8, 4) is 6.07 Å². The van der Waals surface area contributed by atoms with Crippen molar-refractivity contribution in [3.05, 3.63) is 59.7 Å². The average Bonchev–Trinajstić information content (AvgIpc) is 2.68. The summed E-state index contributed by atoms with van der Waals surface area (Å²) in [4.78, 5) is 27.8. The van der Waals surface area contributed by atoms with Gasteiger partial charge in [0.2, 0.25) is 5.91 Å². The lowest BCUT2D eigenvalue weighted by atomic mass is 10.1. The first kappa shape index (κ1) is 17.5. The van der Waals surface area contributed by atoms with Crippen LogP contribution in [-0.2, 0) is 4.79 Å². The largest absolute Gasteiger partial charge is 0.368 e. The summed E-state index contributed by atoms with van der Waals surface area (Å²) in [6, 6.07) is 16.2. The maximum absolute atomic E-state index is 12.4. The summed E-state index contributed by atoms with van der Waals surface area (Å²) in [7, 11) is 0. The van der Waals surface area contributed by atoms with E-state index in [1.807, 2.05) is 35.2 Å². The minimum absolute atomic E-state index is 0.105. The Labute approximate surface area is 152 Å². The Morgan fingerprint density at radius 3 is 2.35 bits per heavy atom. The van der Waals surface area contributed by atoms with Gasteiger partial charge in [0.1, 0.15) is 0 Å². The third-order valence-electron chi connectivity index (χ3n) is 4.47. The van der Waals surface area contributed by atoms with Crippen molar-refractivity contribution in [2.24, 2.45) is 0 Å². The van der Waals surface area contributed by atoms with Gasteiger partial charge in [-0.25, -0.2) is 0 Å². The van der Waals surface area contributed by atoms with E-state index in [0.717, 1.165) is 18.8 Å². The number of benzene rings is 2. The molecule has 2 aromatic carbocycles. The molecule has 0 spiro atoms. The number of hydrogen-bond acceptors (Lipinski definition) is 4. The quantitative estimate of drug-likeness (QED) is 0.924. The number of amides is 2. The molecule has 0 atom stereocenters. The van der Waals surface area contributed by atoms with Gasteiger partial charge in [0.05, 0.1) is 11.6 Å². The van der Waals surface area contributed by atoms with Crippen molar-refractivity contribution < 1.29 is 9.59 Å². The molecule has 1 aliphatic rings. The molecule has 6 nitrogen and oxygen atoms in total. The van der Waals surface area contributed by atoms with E-state index in [1.165, 1.54) is 0 Å². The maximum Gasteiger partial charge on any atom is 0.255 e. The fourth-order valence-corrected chi connectivity index (χ4v) is 2.96. The molecular weight excluding hydrogens is 328 g/mol. The molecule has 3 rings (SSSR count). The molecule has 6 heteroatoms. The van der Waals surface area contributed by atoms with Gasteiger partial charge in [0.25, 0.3) is 5.91 Å². The van der Waals surface area contributed by atoms with Crippen LogP contribution in [0.25, 0.3) is 0 Å². The summed E-state index contributed by atoms with van der Waals surface area (Å²) in [6.07, 6.45) is 0. The summed E-state index contributed by atoms with van der Waals surface area (Å²) in [5.41, 5.74) is 2.76.